The fourth-order valence-electron chi connectivity index (χ4n) is 2.79. The van der Waals surface area contributed by atoms with Gasteiger partial charge >= 0.3 is 0 Å². The topological polar surface area (TPSA) is 49.8 Å². The number of carbonyl (C=O) groups is 1. The van der Waals surface area contributed by atoms with Crippen LogP contribution in [0.1, 0.15) is 32.1 Å². The van der Waals surface area contributed by atoms with Crippen molar-refractivity contribution in [2.24, 2.45) is 5.92 Å². The lowest BCUT2D eigenvalue weighted by atomic mass is 9.93. The molecule has 0 saturated carbocycles. The third-order valence-electron chi connectivity index (χ3n) is 4.18. The first kappa shape index (κ1) is 15.1. The van der Waals surface area contributed by atoms with Crippen molar-refractivity contribution in [1.82, 2.24) is 4.90 Å². The Bertz CT molecular complexity index is 299. The van der Waals surface area contributed by atoms with Gasteiger partial charge in [0.05, 0.1) is 5.60 Å². The fourth-order valence-corrected chi connectivity index (χ4v) is 4.00. The molecule has 0 aromatic rings. The van der Waals surface area contributed by atoms with Crippen molar-refractivity contribution in [3.8, 4) is 0 Å². The highest BCUT2D eigenvalue weighted by Gasteiger charge is 2.32. The lowest BCUT2D eigenvalue weighted by Crippen LogP contribution is -2.47. The van der Waals surface area contributed by atoms with E-state index in [1.54, 1.807) is 4.90 Å². The maximum atomic E-state index is 12.2. The molecule has 0 atom stereocenters. The van der Waals surface area contributed by atoms with E-state index in [-0.39, 0.29) is 5.91 Å². The summed E-state index contributed by atoms with van der Waals surface area (Å²) in [5, 5.41) is 10.4. The second-order valence-corrected chi connectivity index (χ2v) is 7.07. The smallest absolute Gasteiger partial charge is 0.222 e. The highest BCUT2D eigenvalue weighted by atomic mass is 32.2. The van der Waals surface area contributed by atoms with Crippen LogP contribution in [0.2, 0.25) is 0 Å². The van der Waals surface area contributed by atoms with E-state index in [0.29, 0.717) is 44.9 Å². The molecule has 0 aromatic carbocycles. The van der Waals surface area contributed by atoms with Gasteiger partial charge in [-0.15, -0.1) is 0 Å². The van der Waals surface area contributed by atoms with Crippen LogP contribution in [-0.2, 0) is 9.53 Å². The van der Waals surface area contributed by atoms with Crippen LogP contribution in [0.15, 0.2) is 0 Å². The molecule has 110 valence electrons. The lowest BCUT2D eigenvalue weighted by Gasteiger charge is -2.36. The maximum Gasteiger partial charge on any atom is 0.222 e. The van der Waals surface area contributed by atoms with Crippen molar-refractivity contribution in [3.63, 3.8) is 0 Å². The first-order valence-corrected chi connectivity index (χ1v) is 8.36. The summed E-state index contributed by atoms with van der Waals surface area (Å²) in [4.78, 5) is 13.9. The zero-order valence-electron chi connectivity index (χ0n) is 11.8. The fraction of sp³-hybridized carbons (Fsp3) is 0.929. The molecule has 19 heavy (non-hydrogen) atoms. The number of rotatable bonds is 4. The van der Waals surface area contributed by atoms with E-state index in [9.17, 15) is 9.90 Å². The summed E-state index contributed by atoms with van der Waals surface area (Å²) >= 11 is 1.98. The Balaban J connectivity index is 1.77. The van der Waals surface area contributed by atoms with Gasteiger partial charge in [-0.2, -0.15) is 11.8 Å². The molecule has 0 aromatic heterocycles. The number of thioether (sulfide) groups is 1. The van der Waals surface area contributed by atoms with Crippen LogP contribution in [-0.4, -0.2) is 59.8 Å². The number of ether oxygens (including phenoxy) is 1. The molecular weight excluding hydrogens is 262 g/mol. The Morgan fingerprint density at radius 2 is 2.00 bits per heavy atom. The van der Waals surface area contributed by atoms with Crippen molar-refractivity contribution >= 4 is 17.7 Å². The number of likely N-dealkylation sites (N-methyl/N-ethyl adjacent to an activating group) is 1. The van der Waals surface area contributed by atoms with Crippen LogP contribution in [0.4, 0.5) is 0 Å². The van der Waals surface area contributed by atoms with E-state index < -0.39 is 5.60 Å². The molecule has 2 fully saturated rings. The van der Waals surface area contributed by atoms with Crippen LogP contribution < -0.4 is 0 Å². The number of aliphatic hydroxyl groups is 1. The number of amides is 1. The number of nitrogens with zero attached hydrogens (tertiary/aromatic N) is 1. The summed E-state index contributed by atoms with van der Waals surface area (Å²) < 4.78 is 5.26. The molecule has 1 amide bonds. The monoisotopic (exact) mass is 287 g/mol. The van der Waals surface area contributed by atoms with Crippen LogP contribution in [0.25, 0.3) is 0 Å². The molecule has 0 bridgehead atoms. The summed E-state index contributed by atoms with van der Waals surface area (Å²) in [5.41, 5.74) is -0.745. The molecule has 1 N–H and O–H groups in total. The molecule has 5 heteroatoms. The van der Waals surface area contributed by atoms with Crippen molar-refractivity contribution in [2.75, 3.05) is 38.3 Å². The molecule has 2 aliphatic rings. The molecule has 0 spiro atoms. The Hall–Kier alpha value is -0.260. The van der Waals surface area contributed by atoms with Gasteiger partial charge in [-0.25, -0.2) is 0 Å². The van der Waals surface area contributed by atoms with Gasteiger partial charge in [0, 0.05) is 46.1 Å². The third kappa shape index (κ3) is 4.65. The van der Waals surface area contributed by atoms with E-state index in [0.717, 1.165) is 12.8 Å². The van der Waals surface area contributed by atoms with E-state index in [4.69, 9.17) is 4.74 Å². The third-order valence-corrected chi connectivity index (χ3v) is 5.23. The largest absolute Gasteiger partial charge is 0.388 e. The van der Waals surface area contributed by atoms with Crippen molar-refractivity contribution in [3.05, 3.63) is 0 Å². The minimum atomic E-state index is -0.745. The molecular formula is C14H25NO3S. The first-order valence-electron chi connectivity index (χ1n) is 7.21. The summed E-state index contributed by atoms with van der Waals surface area (Å²) in [5.74, 6) is 3.09. The normalized spacial score (nSPS) is 24.1. The van der Waals surface area contributed by atoms with Gasteiger partial charge in [-0.1, -0.05) is 0 Å². The Labute approximate surface area is 119 Å². The van der Waals surface area contributed by atoms with Crippen molar-refractivity contribution in [1.29, 1.82) is 0 Å². The maximum absolute atomic E-state index is 12.2. The minimum absolute atomic E-state index is 0.178. The van der Waals surface area contributed by atoms with E-state index in [2.05, 4.69) is 0 Å². The molecule has 2 rings (SSSR count). The van der Waals surface area contributed by atoms with Crippen LogP contribution in [0.5, 0.6) is 0 Å². The number of hydrogen-bond acceptors (Lipinski definition) is 4. The molecule has 2 aliphatic heterocycles. The molecule has 2 heterocycles. The van der Waals surface area contributed by atoms with E-state index >= 15 is 0 Å². The average Bonchev–Trinajstić information content (AvgIpc) is 2.40. The zero-order chi connectivity index (χ0) is 13.7. The predicted octanol–water partition coefficient (Wildman–Crippen LogP) is 1.52. The van der Waals surface area contributed by atoms with Crippen molar-refractivity contribution in [2.45, 2.75) is 37.7 Å². The highest BCUT2D eigenvalue weighted by Crippen LogP contribution is 2.26. The van der Waals surface area contributed by atoms with Gasteiger partial charge in [-0.3, -0.25) is 4.79 Å². The Kier molecular flexibility index (Phi) is 5.54. The second-order valence-electron chi connectivity index (χ2n) is 5.85. The zero-order valence-corrected chi connectivity index (χ0v) is 12.6. The van der Waals surface area contributed by atoms with Gasteiger partial charge in [-0.05, 0) is 30.3 Å². The second kappa shape index (κ2) is 6.95. The van der Waals surface area contributed by atoms with Gasteiger partial charge in [0.15, 0.2) is 0 Å². The summed E-state index contributed by atoms with van der Waals surface area (Å²) in [6.45, 7) is 1.63. The number of hydrogen-bond donors (Lipinski definition) is 1. The van der Waals surface area contributed by atoms with Gasteiger partial charge in [0.1, 0.15) is 0 Å². The number of carbonyl (C=O) groups excluding carboxylic acids is 1. The van der Waals surface area contributed by atoms with Gasteiger partial charge in [0.2, 0.25) is 5.91 Å². The predicted molar refractivity (Wildman–Crippen MR) is 77.3 cm³/mol. The standard InChI is InChI=1S/C14H25NO3S/c1-15(11-14(17)4-6-18-7-5-14)13(16)10-12-2-8-19-9-3-12/h12,17H,2-11H2,1H3. The average molecular weight is 287 g/mol. The van der Waals surface area contributed by atoms with Crippen molar-refractivity contribution < 1.29 is 14.6 Å². The molecule has 0 unspecified atom stereocenters. The minimum Gasteiger partial charge on any atom is -0.388 e. The Morgan fingerprint density at radius 1 is 1.37 bits per heavy atom. The van der Waals surface area contributed by atoms with Gasteiger partial charge in [0.25, 0.3) is 0 Å². The molecule has 0 radical (unpaired) electrons. The van der Waals surface area contributed by atoms with Crippen LogP contribution in [0, 0.1) is 5.92 Å². The van der Waals surface area contributed by atoms with E-state index in [1.807, 2.05) is 18.8 Å². The van der Waals surface area contributed by atoms with Gasteiger partial charge < -0.3 is 14.7 Å². The summed E-state index contributed by atoms with van der Waals surface area (Å²) in [6.07, 6.45) is 4.21. The van der Waals surface area contributed by atoms with E-state index in [1.165, 1.54) is 11.5 Å². The lowest BCUT2D eigenvalue weighted by molar-refractivity contribution is -0.137. The van der Waals surface area contributed by atoms with Crippen LogP contribution >= 0.6 is 11.8 Å². The molecule has 4 nitrogen and oxygen atoms in total. The summed E-state index contributed by atoms with van der Waals surface area (Å²) in [6, 6.07) is 0. The summed E-state index contributed by atoms with van der Waals surface area (Å²) in [7, 11) is 1.81. The quantitative estimate of drug-likeness (QED) is 0.852. The van der Waals surface area contributed by atoms with Crippen LogP contribution in [0.3, 0.4) is 0 Å². The molecule has 0 aliphatic carbocycles. The first-order chi connectivity index (χ1) is 9.09. The highest BCUT2D eigenvalue weighted by molar-refractivity contribution is 7.99. The molecule has 2 saturated heterocycles. The SMILES string of the molecule is CN(CC1(O)CCOCC1)C(=O)CC1CCSCC1. The Morgan fingerprint density at radius 3 is 2.63 bits per heavy atom.